The van der Waals surface area contributed by atoms with Crippen molar-refractivity contribution in [3.05, 3.63) is 71.3 Å². The summed E-state index contributed by atoms with van der Waals surface area (Å²) < 4.78 is 0. The number of hydrogen-bond acceptors (Lipinski definition) is 1. The molecule has 1 nitrogen and oxygen atoms in total. The summed E-state index contributed by atoms with van der Waals surface area (Å²) in [6.45, 7) is 0. The van der Waals surface area contributed by atoms with Crippen molar-refractivity contribution in [2.24, 2.45) is 11.7 Å². The zero-order valence-electron chi connectivity index (χ0n) is 10.5. The van der Waals surface area contributed by atoms with Crippen LogP contribution in [0.5, 0.6) is 0 Å². The van der Waals surface area contributed by atoms with Gasteiger partial charge in [-0.2, -0.15) is 0 Å². The molecule has 0 bridgehead atoms. The van der Waals surface area contributed by atoms with Crippen LogP contribution in [-0.2, 0) is 6.42 Å². The average molecular weight is 237 g/mol. The van der Waals surface area contributed by atoms with Gasteiger partial charge in [0.2, 0.25) is 0 Å². The molecule has 2 N–H and O–H groups in total. The van der Waals surface area contributed by atoms with Gasteiger partial charge < -0.3 is 5.73 Å². The lowest BCUT2D eigenvalue weighted by molar-refractivity contribution is 0.633. The van der Waals surface area contributed by atoms with E-state index < -0.39 is 0 Å². The molecule has 1 saturated carbocycles. The second kappa shape index (κ2) is 4.95. The fourth-order valence-corrected chi connectivity index (χ4v) is 2.42. The topological polar surface area (TPSA) is 26.0 Å². The number of hydrogen-bond donors (Lipinski definition) is 1. The van der Waals surface area contributed by atoms with Crippen molar-refractivity contribution >= 4 is 0 Å². The number of nitrogens with two attached hydrogens (primary N) is 1. The summed E-state index contributed by atoms with van der Waals surface area (Å²) in [5.41, 5.74) is 10.2. The Morgan fingerprint density at radius 2 is 1.50 bits per heavy atom. The van der Waals surface area contributed by atoms with E-state index in [1.807, 2.05) is 0 Å². The third kappa shape index (κ3) is 2.62. The van der Waals surface area contributed by atoms with Crippen LogP contribution >= 0.6 is 0 Å². The van der Waals surface area contributed by atoms with Crippen molar-refractivity contribution in [1.29, 1.82) is 0 Å². The standard InChI is InChI=1S/C17H19N/c18-17(16-10-11-16)15-8-6-14(7-9-15)12-13-4-2-1-3-5-13/h1-9,16-17H,10-12,18H2. The molecule has 0 aromatic heterocycles. The van der Waals surface area contributed by atoms with E-state index in [-0.39, 0.29) is 6.04 Å². The summed E-state index contributed by atoms with van der Waals surface area (Å²) in [7, 11) is 0. The highest BCUT2D eigenvalue weighted by molar-refractivity contribution is 5.30. The molecule has 1 unspecified atom stereocenters. The highest BCUT2D eigenvalue weighted by atomic mass is 14.7. The Morgan fingerprint density at radius 3 is 2.11 bits per heavy atom. The van der Waals surface area contributed by atoms with Crippen LogP contribution in [-0.4, -0.2) is 0 Å². The van der Waals surface area contributed by atoms with Crippen molar-refractivity contribution in [3.8, 4) is 0 Å². The lowest BCUT2D eigenvalue weighted by atomic mass is 9.99. The maximum absolute atomic E-state index is 6.20. The third-order valence-corrected chi connectivity index (χ3v) is 3.75. The van der Waals surface area contributed by atoms with Crippen LogP contribution in [0.2, 0.25) is 0 Å². The van der Waals surface area contributed by atoms with Gasteiger partial charge in [-0.1, -0.05) is 54.6 Å². The SMILES string of the molecule is NC(c1ccc(Cc2ccccc2)cc1)C1CC1. The molecular formula is C17H19N. The van der Waals surface area contributed by atoms with Crippen molar-refractivity contribution in [1.82, 2.24) is 0 Å². The first kappa shape index (κ1) is 11.5. The molecule has 18 heavy (non-hydrogen) atoms. The van der Waals surface area contributed by atoms with Gasteiger partial charge >= 0.3 is 0 Å². The lowest BCUT2D eigenvalue weighted by Gasteiger charge is -2.11. The molecule has 0 radical (unpaired) electrons. The van der Waals surface area contributed by atoms with Crippen LogP contribution in [0.1, 0.15) is 35.6 Å². The van der Waals surface area contributed by atoms with E-state index in [1.54, 1.807) is 0 Å². The summed E-state index contributed by atoms with van der Waals surface area (Å²) in [6.07, 6.45) is 3.60. The van der Waals surface area contributed by atoms with Gasteiger partial charge in [-0.3, -0.25) is 0 Å². The molecule has 92 valence electrons. The molecule has 1 aliphatic carbocycles. The Labute approximate surface area is 109 Å². The van der Waals surface area contributed by atoms with Crippen LogP contribution in [0.4, 0.5) is 0 Å². The molecular weight excluding hydrogens is 218 g/mol. The van der Waals surface area contributed by atoms with Crippen molar-refractivity contribution in [2.75, 3.05) is 0 Å². The third-order valence-electron chi connectivity index (χ3n) is 3.75. The maximum atomic E-state index is 6.20. The van der Waals surface area contributed by atoms with E-state index in [0.29, 0.717) is 0 Å². The normalized spacial score (nSPS) is 16.5. The van der Waals surface area contributed by atoms with Crippen LogP contribution in [0, 0.1) is 5.92 Å². The van der Waals surface area contributed by atoms with Crippen LogP contribution in [0.25, 0.3) is 0 Å². The van der Waals surface area contributed by atoms with E-state index >= 15 is 0 Å². The van der Waals surface area contributed by atoms with Gasteiger partial charge in [0.1, 0.15) is 0 Å². The largest absolute Gasteiger partial charge is 0.324 e. The first-order valence-electron chi connectivity index (χ1n) is 6.71. The molecule has 1 aliphatic rings. The van der Waals surface area contributed by atoms with Gasteiger partial charge in [0.05, 0.1) is 0 Å². The van der Waals surface area contributed by atoms with E-state index in [9.17, 15) is 0 Å². The lowest BCUT2D eigenvalue weighted by Crippen LogP contribution is -2.12. The maximum Gasteiger partial charge on any atom is 0.0323 e. The monoisotopic (exact) mass is 237 g/mol. The molecule has 0 spiro atoms. The minimum absolute atomic E-state index is 0.246. The van der Waals surface area contributed by atoms with E-state index in [4.69, 9.17) is 5.73 Å². The second-order valence-electron chi connectivity index (χ2n) is 5.27. The fourth-order valence-electron chi connectivity index (χ4n) is 2.42. The van der Waals surface area contributed by atoms with Crippen molar-refractivity contribution in [3.63, 3.8) is 0 Å². The van der Waals surface area contributed by atoms with E-state index in [0.717, 1.165) is 12.3 Å². The molecule has 0 saturated heterocycles. The van der Waals surface area contributed by atoms with Crippen molar-refractivity contribution < 1.29 is 0 Å². The molecule has 0 aliphatic heterocycles. The Morgan fingerprint density at radius 1 is 0.889 bits per heavy atom. The fraction of sp³-hybridized carbons (Fsp3) is 0.294. The van der Waals surface area contributed by atoms with Crippen LogP contribution < -0.4 is 5.73 Å². The van der Waals surface area contributed by atoms with Crippen LogP contribution in [0.15, 0.2) is 54.6 Å². The predicted molar refractivity (Wildman–Crippen MR) is 75.3 cm³/mol. The molecule has 1 fully saturated rings. The van der Waals surface area contributed by atoms with Gasteiger partial charge in [-0.05, 0) is 41.9 Å². The van der Waals surface area contributed by atoms with Crippen molar-refractivity contribution in [2.45, 2.75) is 25.3 Å². The molecule has 0 heterocycles. The van der Waals surface area contributed by atoms with Gasteiger partial charge in [0, 0.05) is 6.04 Å². The quantitative estimate of drug-likeness (QED) is 0.862. The molecule has 0 amide bonds. The van der Waals surface area contributed by atoms with Gasteiger partial charge in [-0.25, -0.2) is 0 Å². The average Bonchev–Trinajstić information content (AvgIpc) is 3.24. The van der Waals surface area contributed by atoms with Gasteiger partial charge in [0.25, 0.3) is 0 Å². The first-order chi connectivity index (χ1) is 8.83. The smallest absolute Gasteiger partial charge is 0.0323 e. The van der Waals surface area contributed by atoms with E-state index in [1.165, 1.54) is 29.5 Å². The number of benzene rings is 2. The summed E-state index contributed by atoms with van der Waals surface area (Å²) in [6, 6.07) is 19.6. The van der Waals surface area contributed by atoms with Gasteiger partial charge in [-0.15, -0.1) is 0 Å². The minimum atomic E-state index is 0.246. The Hall–Kier alpha value is -1.60. The summed E-state index contributed by atoms with van der Waals surface area (Å²) >= 11 is 0. The minimum Gasteiger partial charge on any atom is -0.324 e. The number of rotatable bonds is 4. The predicted octanol–water partition coefficient (Wildman–Crippen LogP) is 3.69. The summed E-state index contributed by atoms with van der Waals surface area (Å²) in [4.78, 5) is 0. The zero-order valence-corrected chi connectivity index (χ0v) is 10.5. The zero-order chi connectivity index (χ0) is 12.4. The van der Waals surface area contributed by atoms with E-state index in [2.05, 4.69) is 54.6 Å². The van der Waals surface area contributed by atoms with Crippen LogP contribution in [0.3, 0.4) is 0 Å². The Bertz CT molecular complexity index is 497. The molecule has 1 atom stereocenters. The Kier molecular flexibility index (Phi) is 3.16. The second-order valence-corrected chi connectivity index (χ2v) is 5.27. The molecule has 2 aromatic rings. The molecule has 2 aromatic carbocycles. The molecule has 3 rings (SSSR count). The summed E-state index contributed by atoms with van der Waals surface area (Å²) in [5.74, 6) is 0.727. The summed E-state index contributed by atoms with van der Waals surface area (Å²) in [5, 5.41) is 0. The molecule has 1 heteroatoms. The first-order valence-corrected chi connectivity index (χ1v) is 6.71. The van der Waals surface area contributed by atoms with Gasteiger partial charge in [0.15, 0.2) is 0 Å². The Balaban J connectivity index is 1.71. The highest BCUT2D eigenvalue weighted by Crippen LogP contribution is 2.39. The highest BCUT2D eigenvalue weighted by Gasteiger charge is 2.29.